The molecule has 0 saturated heterocycles. The lowest BCUT2D eigenvalue weighted by Gasteiger charge is -2.08. The standard InChI is InChI=1S/C9H16FN3/c1-4-5-6-8-9(10)11-12-13(8)7(2)3/h7H,4-6H2,1-3H3. The molecule has 0 saturated carbocycles. The Morgan fingerprint density at radius 1 is 1.46 bits per heavy atom. The predicted molar refractivity (Wildman–Crippen MR) is 49.0 cm³/mol. The van der Waals surface area contributed by atoms with Gasteiger partial charge in [0.1, 0.15) is 0 Å². The van der Waals surface area contributed by atoms with E-state index in [0.29, 0.717) is 5.69 Å². The van der Waals surface area contributed by atoms with Crippen molar-refractivity contribution in [1.82, 2.24) is 15.0 Å². The summed E-state index contributed by atoms with van der Waals surface area (Å²) >= 11 is 0. The van der Waals surface area contributed by atoms with Gasteiger partial charge in [0, 0.05) is 6.04 Å². The molecule has 1 heterocycles. The van der Waals surface area contributed by atoms with Crippen molar-refractivity contribution < 1.29 is 4.39 Å². The molecule has 0 aromatic carbocycles. The van der Waals surface area contributed by atoms with Gasteiger partial charge in [0.2, 0.25) is 0 Å². The second kappa shape index (κ2) is 4.35. The molecule has 74 valence electrons. The zero-order valence-electron chi connectivity index (χ0n) is 8.42. The maximum atomic E-state index is 13.1. The molecular formula is C9H16FN3. The van der Waals surface area contributed by atoms with Crippen LogP contribution in [0.4, 0.5) is 4.39 Å². The molecule has 1 rings (SSSR count). The number of rotatable bonds is 4. The van der Waals surface area contributed by atoms with E-state index in [-0.39, 0.29) is 6.04 Å². The average molecular weight is 185 g/mol. The largest absolute Gasteiger partial charge is 0.255 e. The van der Waals surface area contributed by atoms with Crippen LogP contribution in [-0.2, 0) is 6.42 Å². The van der Waals surface area contributed by atoms with Gasteiger partial charge in [-0.15, -0.1) is 0 Å². The minimum absolute atomic E-state index is 0.184. The molecule has 0 amide bonds. The Morgan fingerprint density at radius 3 is 2.69 bits per heavy atom. The van der Waals surface area contributed by atoms with Crippen molar-refractivity contribution in [2.75, 3.05) is 0 Å². The molecule has 0 aliphatic carbocycles. The summed E-state index contributed by atoms with van der Waals surface area (Å²) in [6.45, 7) is 6.04. The molecule has 13 heavy (non-hydrogen) atoms. The van der Waals surface area contributed by atoms with Crippen LogP contribution in [0.5, 0.6) is 0 Å². The number of hydrogen-bond acceptors (Lipinski definition) is 2. The molecule has 0 bridgehead atoms. The van der Waals surface area contributed by atoms with Crippen molar-refractivity contribution in [3.63, 3.8) is 0 Å². The molecule has 0 spiro atoms. The van der Waals surface area contributed by atoms with Crippen molar-refractivity contribution in [1.29, 1.82) is 0 Å². The van der Waals surface area contributed by atoms with Crippen LogP contribution in [0.3, 0.4) is 0 Å². The van der Waals surface area contributed by atoms with Crippen LogP contribution in [-0.4, -0.2) is 15.0 Å². The molecule has 0 aliphatic heterocycles. The number of aromatic nitrogens is 3. The van der Waals surface area contributed by atoms with Gasteiger partial charge in [0.15, 0.2) is 0 Å². The molecule has 0 aliphatic rings. The lowest BCUT2D eigenvalue weighted by molar-refractivity contribution is 0.487. The van der Waals surface area contributed by atoms with Crippen LogP contribution in [0.25, 0.3) is 0 Å². The number of unbranched alkanes of at least 4 members (excludes halogenated alkanes) is 1. The summed E-state index contributed by atoms with van der Waals surface area (Å²) in [5.41, 5.74) is 0.636. The molecule has 0 radical (unpaired) electrons. The monoisotopic (exact) mass is 185 g/mol. The quantitative estimate of drug-likeness (QED) is 0.720. The van der Waals surface area contributed by atoms with Crippen LogP contribution < -0.4 is 0 Å². The second-order valence-electron chi connectivity index (χ2n) is 3.47. The lowest BCUT2D eigenvalue weighted by atomic mass is 10.2. The van der Waals surface area contributed by atoms with Gasteiger partial charge in [-0.25, -0.2) is 4.68 Å². The van der Waals surface area contributed by atoms with E-state index in [0.717, 1.165) is 19.3 Å². The number of hydrogen-bond donors (Lipinski definition) is 0. The molecule has 1 aromatic heterocycles. The summed E-state index contributed by atoms with van der Waals surface area (Å²) in [7, 11) is 0. The van der Waals surface area contributed by atoms with Gasteiger partial charge >= 0.3 is 0 Å². The highest BCUT2D eigenvalue weighted by molar-refractivity contribution is 4.98. The summed E-state index contributed by atoms with van der Waals surface area (Å²) < 4.78 is 14.8. The van der Waals surface area contributed by atoms with E-state index in [1.165, 1.54) is 0 Å². The topological polar surface area (TPSA) is 30.7 Å². The Morgan fingerprint density at radius 2 is 2.15 bits per heavy atom. The Bertz CT molecular complexity index is 268. The third kappa shape index (κ3) is 2.26. The molecule has 0 atom stereocenters. The normalized spacial score (nSPS) is 11.2. The zero-order chi connectivity index (χ0) is 9.84. The van der Waals surface area contributed by atoms with Crippen molar-refractivity contribution >= 4 is 0 Å². The first kappa shape index (κ1) is 10.2. The molecule has 3 nitrogen and oxygen atoms in total. The Balaban J connectivity index is 2.82. The van der Waals surface area contributed by atoms with Gasteiger partial charge in [-0.2, -0.15) is 4.39 Å². The maximum Gasteiger partial charge on any atom is 0.255 e. The van der Waals surface area contributed by atoms with Gasteiger partial charge in [-0.1, -0.05) is 23.7 Å². The van der Waals surface area contributed by atoms with E-state index in [1.807, 2.05) is 13.8 Å². The first-order valence-corrected chi connectivity index (χ1v) is 4.76. The highest BCUT2D eigenvalue weighted by Gasteiger charge is 2.13. The van der Waals surface area contributed by atoms with Gasteiger partial charge in [0.25, 0.3) is 5.95 Å². The maximum absolute atomic E-state index is 13.1. The van der Waals surface area contributed by atoms with E-state index in [2.05, 4.69) is 17.2 Å². The molecule has 0 N–H and O–H groups in total. The van der Waals surface area contributed by atoms with Crippen LogP contribution in [0.2, 0.25) is 0 Å². The van der Waals surface area contributed by atoms with E-state index in [9.17, 15) is 4.39 Å². The first-order valence-electron chi connectivity index (χ1n) is 4.76. The third-order valence-corrected chi connectivity index (χ3v) is 2.00. The molecular weight excluding hydrogens is 169 g/mol. The molecule has 0 fully saturated rings. The average Bonchev–Trinajstić information content (AvgIpc) is 2.43. The van der Waals surface area contributed by atoms with Gasteiger partial charge in [-0.3, -0.25) is 0 Å². The fourth-order valence-electron chi connectivity index (χ4n) is 1.27. The highest BCUT2D eigenvalue weighted by Crippen LogP contribution is 2.12. The second-order valence-corrected chi connectivity index (χ2v) is 3.47. The third-order valence-electron chi connectivity index (χ3n) is 2.00. The summed E-state index contributed by atoms with van der Waals surface area (Å²) in [6.07, 6.45) is 2.77. The fraction of sp³-hybridized carbons (Fsp3) is 0.778. The molecule has 1 aromatic rings. The molecule has 4 heteroatoms. The Hall–Kier alpha value is -0.930. The summed E-state index contributed by atoms with van der Waals surface area (Å²) in [5, 5.41) is 7.20. The van der Waals surface area contributed by atoms with E-state index in [4.69, 9.17) is 0 Å². The van der Waals surface area contributed by atoms with E-state index in [1.54, 1.807) is 4.68 Å². The van der Waals surface area contributed by atoms with Gasteiger partial charge in [0.05, 0.1) is 5.69 Å². The number of halogens is 1. The highest BCUT2D eigenvalue weighted by atomic mass is 19.1. The summed E-state index contributed by atoms with van der Waals surface area (Å²) in [6, 6.07) is 0.184. The van der Waals surface area contributed by atoms with Gasteiger partial charge in [-0.05, 0) is 26.7 Å². The van der Waals surface area contributed by atoms with Crippen LogP contribution >= 0.6 is 0 Å². The van der Waals surface area contributed by atoms with Crippen molar-refractivity contribution in [3.8, 4) is 0 Å². The number of nitrogens with zero attached hydrogens (tertiary/aromatic N) is 3. The van der Waals surface area contributed by atoms with Crippen molar-refractivity contribution in [2.24, 2.45) is 0 Å². The Kier molecular flexibility index (Phi) is 3.39. The summed E-state index contributed by atoms with van der Waals surface area (Å²) in [4.78, 5) is 0. The zero-order valence-corrected chi connectivity index (χ0v) is 8.42. The lowest BCUT2D eigenvalue weighted by Crippen LogP contribution is -2.08. The predicted octanol–water partition coefficient (Wildman–Crippen LogP) is 2.34. The van der Waals surface area contributed by atoms with Crippen LogP contribution in [0, 0.1) is 5.95 Å². The van der Waals surface area contributed by atoms with E-state index < -0.39 is 5.95 Å². The Labute approximate surface area is 77.9 Å². The van der Waals surface area contributed by atoms with Crippen molar-refractivity contribution in [3.05, 3.63) is 11.6 Å². The first-order chi connectivity index (χ1) is 6.16. The fourth-order valence-corrected chi connectivity index (χ4v) is 1.27. The SMILES string of the molecule is CCCCc1c(F)nnn1C(C)C. The summed E-state index contributed by atoms with van der Waals surface area (Å²) in [5.74, 6) is -0.415. The van der Waals surface area contributed by atoms with Gasteiger partial charge < -0.3 is 0 Å². The van der Waals surface area contributed by atoms with E-state index >= 15 is 0 Å². The minimum atomic E-state index is -0.415. The van der Waals surface area contributed by atoms with Crippen LogP contribution in [0.1, 0.15) is 45.3 Å². The smallest absolute Gasteiger partial charge is 0.244 e. The molecule has 0 unspecified atom stereocenters. The van der Waals surface area contributed by atoms with Crippen molar-refractivity contribution in [2.45, 2.75) is 46.1 Å². The van der Waals surface area contributed by atoms with Crippen LogP contribution in [0.15, 0.2) is 0 Å². The minimum Gasteiger partial charge on any atom is -0.244 e.